The molecule has 3 heterocycles. The van der Waals surface area contributed by atoms with E-state index >= 15 is 0 Å². The minimum atomic E-state index is -0.208. The van der Waals surface area contributed by atoms with Gasteiger partial charge in [0, 0.05) is 30.1 Å². The third-order valence-corrected chi connectivity index (χ3v) is 6.81. The number of fused-ring (bicyclic) bond motifs is 3. The molecule has 1 amide bonds. The first kappa shape index (κ1) is 21.5. The van der Waals surface area contributed by atoms with Crippen LogP contribution < -0.4 is 5.32 Å². The predicted octanol–water partition coefficient (Wildman–Crippen LogP) is 4.75. The highest BCUT2D eigenvalue weighted by Crippen LogP contribution is 2.43. The van der Waals surface area contributed by atoms with Gasteiger partial charge in [-0.3, -0.25) is 15.1 Å². The fourth-order valence-corrected chi connectivity index (χ4v) is 5.30. The number of aromatic nitrogens is 4. The van der Waals surface area contributed by atoms with E-state index in [2.05, 4.69) is 35.4 Å². The van der Waals surface area contributed by atoms with Crippen molar-refractivity contribution in [2.24, 2.45) is 0 Å². The van der Waals surface area contributed by atoms with E-state index in [0.717, 1.165) is 63.7 Å². The lowest BCUT2D eigenvalue weighted by atomic mass is 10.0. The largest absolute Gasteiger partial charge is 0.375 e. The second-order valence-electron chi connectivity index (χ2n) is 8.19. The summed E-state index contributed by atoms with van der Waals surface area (Å²) < 4.78 is 6.99. The van der Waals surface area contributed by atoms with Gasteiger partial charge in [0.25, 0.3) is 5.91 Å². The van der Waals surface area contributed by atoms with Gasteiger partial charge in [0.1, 0.15) is 6.61 Å². The van der Waals surface area contributed by atoms with Gasteiger partial charge in [-0.15, -0.1) is 0 Å². The zero-order chi connectivity index (χ0) is 22.9. The van der Waals surface area contributed by atoms with E-state index in [0.29, 0.717) is 5.13 Å². The van der Waals surface area contributed by atoms with Gasteiger partial charge in [-0.2, -0.15) is 5.10 Å². The number of carbonyl (C=O) groups is 1. The first-order valence-corrected chi connectivity index (χ1v) is 11.8. The lowest BCUT2D eigenvalue weighted by Crippen LogP contribution is -2.16. The number of aryl methyl sites for hydroxylation is 3. The highest BCUT2D eigenvalue weighted by molar-refractivity contribution is 7.19. The Morgan fingerprint density at radius 1 is 1.18 bits per heavy atom. The molecule has 4 aromatic rings. The van der Waals surface area contributed by atoms with Gasteiger partial charge in [0.15, 0.2) is 5.13 Å². The third-order valence-electron chi connectivity index (χ3n) is 5.79. The molecule has 5 rings (SSSR count). The predicted molar refractivity (Wildman–Crippen MR) is 130 cm³/mol. The van der Waals surface area contributed by atoms with Crippen molar-refractivity contribution in [1.82, 2.24) is 19.7 Å². The summed E-state index contributed by atoms with van der Waals surface area (Å²) in [4.78, 5) is 22.4. The summed E-state index contributed by atoms with van der Waals surface area (Å²) in [5.41, 5.74) is 8.35. The van der Waals surface area contributed by atoms with Crippen LogP contribution >= 0.6 is 11.3 Å². The number of nitrogens with zero attached hydrogens (tertiary/aromatic N) is 4. The van der Waals surface area contributed by atoms with Crippen LogP contribution in [0.25, 0.3) is 27.5 Å². The normalized spacial score (nSPS) is 12.7. The van der Waals surface area contributed by atoms with Crippen molar-refractivity contribution in [2.45, 2.75) is 33.1 Å². The number of methoxy groups -OCH3 is 1. The lowest BCUT2D eigenvalue weighted by Gasteiger charge is -2.10. The Balaban J connectivity index is 1.71. The van der Waals surface area contributed by atoms with Crippen LogP contribution in [0.5, 0.6) is 0 Å². The maximum absolute atomic E-state index is 12.1. The Morgan fingerprint density at radius 3 is 2.79 bits per heavy atom. The average Bonchev–Trinajstić information content (AvgIpc) is 3.31. The summed E-state index contributed by atoms with van der Waals surface area (Å²) in [5.74, 6) is -0.208. The molecule has 1 aliphatic rings. The molecule has 33 heavy (non-hydrogen) atoms. The summed E-state index contributed by atoms with van der Waals surface area (Å²) >= 11 is 1.50. The molecule has 3 aromatic heterocycles. The minimum Gasteiger partial charge on any atom is -0.375 e. The number of ether oxygens (including phenoxy) is 1. The van der Waals surface area contributed by atoms with E-state index in [1.807, 2.05) is 36.0 Å². The van der Waals surface area contributed by atoms with Crippen LogP contribution in [0.1, 0.15) is 28.9 Å². The number of nitrogens with one attached hydrogen (secondary N) is 1. The maximum atomic E-state index is 12.1. The SMILES string of the molecule is COCC(=O)Nc1nc2c(s1)-c1c(c(-c3ccc(C)nc3)nn1-c1ccccc1C)CCC2. The molecule has 0 saturated heterocycles. The molecular formula is C25H25N5O2S. The Kier molecular flexibility index (Phi) is 5.78. The molecule has 0 spiro atoms. The molecule has 1 N–H and O–H groups in total. The van der Waals surface area contributed by atoms with Crippen LogP contribution in [-0.4, -0.2) is 39.4 Å². The fraction of sp³-hybridized carbons (Fsp3) is 0.280. The molecule has 0 atom stereocenters. The number of pyridine rings is 1. The van der Waals surface area contributed by atoms with Gasteiger partial charge in [-0.05, 0) is 56.9 Å². The highest BCUT2D eigenvalue weighted by atomic mass is 32.1. The summed E-state index contributed by atoms with van der Waals surface area (Å²) in [6.07, 6.45) is 4.61. The summed E-state index contributed by atoms with van der Waals surface area (Å²) in [7, 11) is 1.51. The Hall–Kier alpha value is -3.36. The van der Waals surface area contributed by atoms with Crippen molar-refractivity contribution in [1.29, 1.82) is 0 Å². The number of para-hydroxylation sites is 1. The lowest BCUT2D eigenvalue weighted by molar-refractivity contribution is -0.119. The van der Waals surface area contributed by atoms with E-state index in [1.54, 1.807) is 0 Å². The quantitative estimate of drug-likeness (QED) is 0.466. The monoisotopic (exact) mass is 459 g/mol. The van der Waals surface area contributed by atoms with Crippen molar-refractivity contribution in [3.05, 3.63) is 65.1 Å². The molecule has 7 nitrogen and oxygen atoms in total. The molecular weight excluding hydrogens is 434 g/mol. The van der Waals surface area contributed by atoms with E-state index < -0.39 is 0 Å². The average molecular weight is 460 g/mol. The number of carbonyl (C=O) groups excluding carboxylic acids is 1. The highest BCUT2D eigenvalue weighted by Gasteiger charge is 2.29. The van der Waals surface area contributed by atoms with Crippen LogP contribution in [0.4, 0.5) is 5.13 Å². The van der Waals surface area contributed by atoms with Gasteiger partial charge in [-0.1, -0.05) is 29.5 Å². The second-order valence-corrected chi connectivity index (χ2v) is 9.19. The molecule has 0 unspecified atom stereocenters. The molecule has 8 heteroatoms. The van der Waals surface area contributed by atoms with Gasteiger partial charge < -0.3 is 4.74 Å². The van der Waals surface area contributed by atoms with E-state index in [-0.39, 0.29) is 12.5 Å². The molecule has 0 bridgehead atoms. The van der Waals surface area contributed by atoms with Crippen molar-refractivity contribution >= 4 is 22.4 Å². The fourth-order valence-electron chi connectivity index (χ4n) is 4.21. The van der Waals surface area contributed by atoms with E-state index in [4.69, 9.17) is 14.8 Å². The molecule has 0 aliphatic heterocycles. The molecule has 0 radical (unpaired) electrons. The number of anilines is 1. The van der Waals surface area contributed by atoms with Crippen LogP contribution in [0.15, 0.2) is 42.6 Å². The second kappa shape index (κ2) is 8.88. The van der Waals surface area contributed by atoms with E-state index in [9.17, 15) is 4.79 Å². The van der Waals surface area contributed by atoms with Gasteiger partial charge in [-0.25, -0.2) is 9.67 Å². The van der Waals surface area contributed by atoms with Crippen molar-refractivity contribution in [2.75, 3.05) is 19.0 Å². The first-order valence-electron chi connectivity index (χ1n) is 10.9. The summed E-state index contributed by atoms with van der Waals surface area (Å²) in [6.45, 7) is 4.08. The smallest absolute Gasteiger partial charge is 0.252 e. The van der Waals surface area contributed by atoms with Crippen LogP contribution in [0.3, 0.4) is 0 Å². The topological polar surface area (TPSA) is 81.9 Å². The minimum absolute atomic E-state index is 0.00120. The van der Waals surface area contributed by atoms with Gasteiger partial charge >= 0.3 is 0 Å². The standard InChI is InChI=1S/C25H25N5O2S/c1-15-7-4-5-10-20(15)30-23-18(22(29-30)17-12-11-16(2)26-13-17)8-6-9-19-24(23)33-25(27-19)28-21(31)14-32-3/h4-5,7,10-13H,6,8-9,14H2,1-3H3,(H,27,28,31). The number of hydrogen-bond acceptors (Lipinski definition) is 6. The van der Waals surface area contributed by atoms with Crippen molar-refractivity contribution in [3.63, 3.8) is 0 Å². The molecule has 0 fully saturated rings. The van der Waals surface area contributed by atoms with E-state index in [1.165, 1.54) is 24.0 Å². The number of hydrogen-bond donors (Lipinski definition) is 1. The van der Waals surface area contributed by atoms with Crippen LogP contribution in [0, 0.1) is 13.8 Å². The van der Waals surface area contributed by atoms with Crippen LogP contribution in [-0.2, 0) is 22.4 Å². The summed E-state index contributed by atoms with van der Waals surface area (Å²) in [5, 5.41) is 8.57. The number of rotatable bonds is 5. The van der Waals surface area contributed by atoms with Gasteiger partial charge in [0.2, 0.25) is 0 Å². The first-order chi connectivity index (χ1) is 16.0. The zero-order valence-corrected chi connectivity index (χ0v) is 19.7. The molecule has 0 saturated carbocycles. The molecule has 1 aromatic carbocycles. The molecule has 168 valence electrons. The summed E-state index contributed by atoms with van der Waals surface area (Å²) in [6, 6.07) is 12.4. The third kappa shape index (κ3) is 4.07. The maximum Gasteiger partial charge on any atom is 0.252 e. The Morgan fingerprint density at radius 2 is 2.03 bits per heavy atom. The van der Waals surface area contributed by atoms with Crippen molar-refractivity contribution in [3.8, 4) is 27.5 Å². The Labute approximate surface area is 196 Å². The number of amides is 1. The van der Waals surface area contributed by atoms with Crippen LogP contribution in [0.2, 0.25) is 0 Å². The number of thiazole rings is 1. The zero-order valence-electron chi connectivity index (χ0n) is 18.9. The van der Waals surface area contributed by atoms with Crippen molar-refractivity contribution < 1.29 is 9.53 Å². The molecule has 1 aliphatic carbocycles. The Bertz CT molecular complexity index is 1320. The number of benzene rings is 1. The van der Waals surface area contributed by atoms with Gasteiger partial charge in [0.05, 0.1) is 27.6 Å².